The third-order valence-electron chi connectivity index (χ3n) is 11.3. The van der Waals surface area contributed by atoms with Gasteiger partial charge < -0.3 is 25.0 Å². The number of rotatable bonds is 6. The van der Waals surface area contributed by atoms with Crippen molar-refractivity contribution in [1.82, 2.24) is 29.5 Å². The van der Waals surface area contributed by atoms with E-state index in [1.807, 2.05) is 35.1 Å². The van der Waals surface area contributed by atoms with Crippen LogP contribution in [0.5, 0.6) is 0 Å². The molecule has 0 aromatic heterocycles. The number of allylic oxidation sites excluding steroid dienone is 1. The number of carbonyl (C=O) groups excluding carboxylic acids is 5. The summed E-state index contributed by atoms with van der Waals surface area (Å²) in [5, 5.41) is 5.42. The van der Waals surface area contributed by atoms with Gasteiger partial charge in [-0.3, -0.25) is 19.3 Å². The van der Waals surface area contributed by atoms with Gasteiger partial charge in [0.1, 0.15) is 29.8 Å². The molecule has 5 amide bonds. The molecule has 7 rings (SSSR count). The fourth-order valence-electron chi connectivity index (χ4n) is 8.09. The third-order valence-corrected chi connectivity index (χ3v) is 12.6. The Morgan fingerprint density at radius 1 is 0.907 bits per heavy atom. The van der Waals surface area contributed by atoms with Gasteiger partial charge in [-0.2, -0.15) is 12.7 Å². The number of hydrogen-bond acceptors (Lipinski definition) is 9. The van der Waals surface area contributed by atoms with Crippen molar-refractivity contribution in [2.75, 3.05) is 19.6 Å². The monoisotopic (exact) mass is 776 g/mol. The highest BCUT2D eigenvalue weighted by Crippen LogP contribution is 2.46. The molecule has 0 bridgehead atoms. The number of fused-ring (bicyclic) bond motifs is 3. The van der Waals surface area contributed by atoms with Gasteiger partial charge >= 0.3 is 22.4 Å². The van der Waals surface area contributed by atoms with Crippen molar-refractivity contribution < 1.29 is 50.6 Å². The molecular formula is C36H46F2N6O9S. The molecule has 18 heteroatoms. The van der Waals surface area contributed by atoms with E-state index in [4.69, 9.17) is 9.47 Å². The molecule has 1 aromatic rings. The SMILES string of the molecule is O=C(N[C@H]1CCCCC/C=C\[C@H]2C[C@@]2(C(=O)NS(=O)(=O)N2CC(F)(F)C2)NC(=O)C2C[C@@H](OC(=O)N3Cc4ccccc4C3)CN2C1=O)OC1CCCC1. The zero-order valence-electron chi connectivity index (χ0n) is 29.8. The molecule has 5 atom stereocenters. The number of amides is 5. The van der Waals surface area contributed by atoms with Gasteiger partial charge in [-0.15, -0.1) is 0 Å². The molecule has 294 valence electrons. The summed E-state index contributed by atoms with van der Waals surface area (Å²) in [5.41, 5.74) is 0.202. The fraction of sp³-hybridized carbons (Fsp3) is 0.639. The van der Waals surface area contributed by atoms with E-state index >= 15 is 0 Å². The summed E-state index contributed by atoms with van der Waals surface area (Å²) in [6.45, 7) is -1.68. The van der Waals surface area contributed by atoms with E-state index in [-0.39, 0.29) is 31.9 Å². The van der Waals surface area contributed by atoms with Gasteiger partial charge in [0, 0.05) is 25.4 Å². The molecule has 4 aliphatic heterocycles. The lowest BCUT2D eigenvalue weighted by Crippen LogP contribution is -2.64. The van der Waals surface area contributed by atoms with E-state index in [0.29, 0.717) is 43.1 Å². The Bertz CT molecular complexity index is 1770. The van der Waals surface area contributed by atoms with Crippen molar-refractivity contribution in [2.45, 2.75) is 119 Å². The van der Waals surface area contributed by atoms with Gasteiger partial charge in [0.2, 0.25) is 11.8 Å². The minimum atomic E-state index is -4.64. The number of nitrogens with one attached hydrogen (secondary N) is 3. The first-order chi connectivity index (χ1) is 25.7. The number of carbonyl (C=O) groups is 5. The quantitative estimate of drug-likeness (QED) is 0.366. The summed E-state index contributed by atoms with van der Waals surface area (Å²) in [7, 11) is -4.64. The van der Waals surface area contributed by atoms with Gasteiger partial charge in [0.25, 0.3) is 11.8 Å². The first kappa shape index (κ1) is 38.0. The summed E-state index contributed by atoms with van der Waals surface area (Å²) >= 11 is 0. The second-order valence-corrected chi connectivity index (χ2v) is 16.9. The Hall–Kier alpha value is -4.32. The third kappa shape index (κ3) is 8.18. The Morgan fingerprint density at radius 2 is 1.59 bits per heavy atom. The van der Waals surface area contributed by atoms with Crippen LogP contribution in [0.2, 0.25) is 0 Å². The summed E-state index contributed by atoms with van der Waals surface area (Å²) in [6, 6.07) is 5.24. The molecule has 2 saturated carbocycles. The van der Waals surface area contributed by atoms with Gasteiger partial charge in [0.15, 0.2) is 0 Å². The maximum atomic E-state index is 14.4. The van der Waals surface area contributed by atoms with Crippen LogP contribution in [0.3, 0.4) is 0 Å². The molecule has 4 heterocycles. The maximum Gasteiger partial charge on any atom is 0.410 e. The lowest BCUT2D eigenvalue weighted by Gasteiger charge is -2.37. The Kier molecular flexibility index (Phi) is 10.6. The molecule has 0 spiro atoms. The predicted molar refractivity (Wildman–Crippen MR) is 187 cm³/mol. The molecule has 15 nitrogen and oxygen atoms in total. The number of alkyl halides is 2. The van der Waals surface area contributed by atoms with Crippen molar-refractivity contribution in [3.8, 4) is 0 Å². The lowest BCUT2D eigenvalue weighted by atomic mass is 10.0. The first-order valence-corrected chi connectivity index (χ1v) is 20.2. The second kappa shape index (κ2) is 15.1. The van der Waals surface area contributed by atoms with Crippen LogP contribution < -0.4 is 15.4 Å². The number of hydrogen-bond donors (Lipinski definition) is 3. The van der Waals surface area contributed by atoms with E-state index in [9.17, 15) is 41.2 Å². The van der Waals surface area contributed by atoms with Crippen molar-refractivity contribution in [2.24, 2.45) is 5.92 Å². The average Bonchev–Trinajstić information content (AvgIpc) is 3.52. The predicted octanol–water partition coefficient (Wildman–Crippen LogP) is 2.85. The first-order valence-electron chi connectivity index (χ1n) is 18.7. The van der Waals surface area contributed by atoms with Crippen LogP contribution >= 0.6 is 0 Å². The summed E-state index contributed by atoms with van der Waals surface area (Å²) in [6.07, 6.45) is 7.05. The highest BCUT2D eigenvalue weighted by molar-refractivity contribution is 7.87. The summed E-state index contributed by atoms with van der Waals surface area (Å²) in [4.78, 5) is 71.4. The van der Waals surface area contributed by atoms with Gasteiger partial charge in [0.05, 0.1) is 19.6 Å². The maximum absolute atomic E-state index is 14.4. The highest BCUT2D eigenvalue weighted by atomic mass is 32.2. The number of benzene rings is 1. The number of halogens is 2. The second-order valence-electron chi connectivity index (χ2n) is 15.3. The highest BCUT2D eigenvalue weighted by Gasteiger charge is 2.62. The van der Waals surface area contributed by atoms with Crippen LogP contribution in [0.25, 0.3) is 0 Å². The van der Waals surface area contributed by atoms with E-state index in [1.165, 1.54) is 9.80 Å². The van der Waals surface area contributed by atoms with Gasteiger partial charge in [-0.05, 0) is 62.5 Å². The van der Waals surface area contributed by atoms with Crippen molar-refractivity contribution >= 4 is 40.1 Å². The van der Waals surface area contributed by atoms with Crippen LogP contribution in [0, 0.1) is 5.92 Å². The Labute approximate surface area is 312 Å². The van der Waals surface area contributed by atoms with Crippen LogP contribution in [0.15, 0.2) is 36.4 Å². The standard InChI is InChI=1S/C36H46F2N6O9S/c37-35(38)21-43(22-35)54(50,51)41-32(47)36-17-25(36)12-4-2-1-3-5-15-28(39-33(48)52-26-13-8-9-14-26)31(46)44-20-27(16-29(44)30(45)40-36)53-34(49)42-18-23-10-6-7-11-24(23)19-42/h4,6-7,10-12,25-29H,1-3,5,8-9,13-22H2,(H,39,48)(H,40,45)(H,41,47)/b12-4-/t25-,27+,28-,29?,36+/m0/s1. The number of nitrogens with zero attached hydrogens (tertiary/aromatic N) is 3. The molecule has 0 radical (unpaired) electrons. The lowest BCUT2D eigenvalue weighted by molar-refractivity contribution is -0.141. The molecular weight excluding hydrogens is 730 g/mol. The van der Waals surface area contributed by atoms with Gasteiger partial charge in [-0.1, -0.05) is 49.3 Å². The molecule has 3 N–H and O–H groups in total. The zero-order chi connectivity index (χ0) is 38.3. The molecule has 2 saturated heterocycles. The summed E-state index contributed by atoms with van der Waals surface area (Å²) < 4.78 is 66.5. The zero-order valence-corrected chi connectivity index (χ0v) is 30.7. The van der Waals surface area contributed by atoms with Gasteiger partial charge in [-0.25, -0.2) is 23.1 Å². The Balaban J connectivity index is 1.12. The largest absolute Gasteiger partial charge is 0.446 e. The molecule has 1 aromatic carbocycles. The smallest absolute Gasteiger partial charge is 0.410 e. The van der Waals surface area contributed by atoms with Crippen LogP contribution in [-0.4, -0.2) is 108 Å². The van der Waals surface area contributed by atoms with Crippen molar-refractivity contribution in [3.05, 3.63) is 47.5 Å². The van der Waals surface area contributed by atoms with Crippen LogP contribution in [0.1, 0.15) is 81.8 Å². The average molecular weight is 777 g/mol. The van der Waals surface area contributed by atoms with Crippen LogP contribution in [0.4, 0.5) is 18.4 Å². The van der Waals surface area contributed by atoms with Crippen molar-refractivity contribution in [3.63, 3.8) is 0 Å². The molecule has 54 heavy (non-hydrogen) atoms. The van der Waals surface area contributed by atoms with E-state index in [1.54, 1.807) is 6.08 Å². The minimum Gasteiger partial charge on any atom is -0.446 e. The fourth-order valence-corrected chi connectivity index (χ4v) is 9.35. The van der Waals surface area contributed by atoms with E-state index in [2.05, 4.69) is 10.6 Å². The minimum absolute atomic E-state index is 0.0263. The van der Waals surface area contributed by atoms with E-state index in [0.717, 1.165) is 36.8 Å². The van der Waals surface area contributed by atoms with Crippen molar-refractivity contribution in [1.29, 1.82) is 0 Å². The molecule has 2 aliphatic carbocycles. The number of ether oxygens (including phenoxy) is 2. The molecule has 1 unspecified atom stereocenters. The number of alkyl carbamates (subject to hydrolysis) is 1. The van der Waals surface area contributed by atoms with E-state index < -0.39 is 88.8 Å². The summed E-state index contributed by atoms with van der Waals surface area (Å²) in [5.74, 6) is -6.31. The Morgan fingerprint density at radius 3 is 2.28 bits per heavy atom. The topological polar surface area (TPSA) is 184 Å². The molecule has 6 aliphatic rings. The molecule has 4 fully saturated rings. The normalized spacial score (nSPS) is 30.7. The van der Waals surface area contributed by atoms with Crippen LogP contribution in [-0.2, 0) is 47.2 Å².